The molecule has 0 radical (unpaired) electrons. The molecule has 0 spiro atoms. The number of benzene rings is 3. The summed E-state index contributed by atoms with van der Waals surface area (Å²) in [5.74, 6) is 1.86. The molecule has 142 valence electrons. The summed E-state index contributed by atoms with van der Waals surface area (Å²) >= 11 is 0. The summed E-state index contributed by atoms with van der Waals surface area (Å²) in [7, 11) is 0. The fourth-order valence-corrected chi connectivity index (χ4v) is 2.84. The van der Waals surface area contributed by atoms with E-state index < -0.39 is 0 Å². The van der Waals surface area contributed by atoms with Gasteiger partial charge >= 0.3 is 0 Å². The number of carbonyl (C=O) groups is 1. The molecule has 1 N–H and O–H groups in total. The first-order chi connectivity index (χ1) is 14.3. The smallest absolute Gasteiger partial charge is 0.256 e. The van der Waals surface area contributed by atoms with Gasteiger partial charge in [-0.3, -0.25) is 4.79 Å². The zero-order valence-corrected chi connectivity index (χ0v) is 15.6. The van der Waals surface area contributed by atoms with E-state index in [1.807, 2.05) is 91.0 Å². The quantitative estimate of drug-likeness (QED) is 0.402. The Hall–Kier alpha value is -4.05. The van der Waals surface area contributed by atoms with Gasteiger partial charge in [-0.1, -0.05) is 48.5 Å². The van der Waals surface area contributed by atoms with Crippen LogP contribution in [0.15, 0.2) is 108 Å². The standard InChI is InChI=1S/C25H19NO3/c27-25(24(18-23-12-7-17-28-23)19-8-3-1-4-9-19)26-20-13-15-22(16-14-20)29-21-10-5-2-6-11-21/h1-18H,(H,26,27)/b24-18-. The van der Waals surface area contributed by atoms with Crippen LogP contribution < -0.4 is 10.1 Å². The molecule has 0 fully saturated rings. The van der Waals surface area contributed by atoms with Crippen molar-refractivity contribution in [1.29, 1.82) is 0 Å². The molecule has 0 unspecified atom stereocenters. The van der Waals surface area contributed by atoms with Crippen LogP contribution in [-0.4, -0.2) is 5.91 Å². The highest BCUT2D eigenvalue weighted by molar-refractivity contribution is 6.29. The third-order valence-corrected chi connectivity index (χ3v) is 4.25. The summed E-state index contributed by atoms with van der Waals surface area (Å²) in [6.07, 6.45) is 3.31. The lowest BCUT2D eigenvalue weighted by Gasteiger charge is -2.10. The predicted molar refractivity (Wildman–Crippen MR) is 115 cm³/mol. The van der Waals surface area contributed by atoms with Gasteiger partial charge < -0.3 is 14.5 Å². The number of furan rings is 1. The third kappa shape index (κ3) is 4.82. The number of hydrogen-bond donors (Lipinski definition) is 1. The molecule has 4 aromatic rings. The Bertz CT molecular complexity index is 1080. The number of ether oxygens (including phenoxy) is 1. The Morgan fingerprint density at radius 1 is 0.759 bits per heavy atom. The van der Waals surface area contributed by atoms with E-state index >= 15 is 0 Å². The molecule has 4 nitrogen and oxygen atoms in total. The van der Waals surface area contributed by atoms with Crippen molar-refractivity contribution in [3.05, 3.63) is 115 Å². The highest BCUT2D eigenvalue weighted by Gasteiger charge is 2.13. The largest absolute Gasteiger partial charge is 0.465 e. The van der Waals surface area contributed by atoms with Crippen LogP contribution in [0.1, 0.15) is 11.3 Å². The minimum atomic E-state index is -0.218. The van der Waals surface area contributed by atoms with E-state index in [0.29, 0.717) is 22.8 Å². The molecule has 29 heavy (non-hydrogen) atoms. The van der Waals surface area contributed by atoms with Crippen LogP contribution in [0, 0.1) is 0 Å². The topological polar surface area (TPSA) is 51.5 Å². The van der Waals surface area contributed by atoms with Gasteiger partial charge in [0.2, 0.25) is 0 Å². The maximum absolute atomic E-state index is 13.0. The molecule has 4 heteroatoms. The lowest BCUT2D eigenvalue weighted by molar-refractivity contribution is -0.111. The predicted octanol–water partition coefficient (Wildman–Crippen LogP) is 6.25. The number of para-hydroxylation sites is 1. The van der Waals surface area contributed by atoms with Gasteiger partial charge in [-0.15, -0.1) is 0 Å². The molecular weight excluding hydrogens is 362 g/mol. The highest BCUT2D eigenvalue weighted by Crippen LogP contribution is 2.24. The van der Waals surface area contributed by atoms with Crippen LogP contribution in [0.2, 0.25) is 0 Å². The number of anilines is 1. The van der Waals surface area contributed by atoms with Crippen molar-refractivity contribution in [1.82, 2.24) is 0 Å². The number of hydrogen-bond acceptors (Lipinski definition) is 3. The van der Waals surface area contributed by atoms with Gasteiger partial charge in [0.25, 0.3) is 5.91 Å². The zero-order chi connectivity index (χ0) is 19.9. The van der Waals surface area contributed by atoms with Gasteiger partial charge in [0.05, 0.1) is 11.8 Å². The van der Waals surface area contributed by atoms with E-state index in [4.69, 9.17) is 9.15 Å². The van der Waals surface area contributed by atoms with Gasteiger partial charge in [0, 0.05) is 5.69 Å². The molecule has 0 aliphatic heterocycles. The summed E-state index contributed by atoms with van der Waals surface area (Å²) in [6.45, 7) is 0. The lowest BCUT2D eigenvalue weighted by Crippen LogP contribution is -2.13. The summed E-state index contributed by atoms with van der Waals surface area (Å²) in [4.78, 5) is 13.0. The van der Waals surface area contributed by atoms with Crippen LogP contribution in [0.3, 0.4) is 0 Å². The van der Waals surface area contributed by atoms with Crippen molar-refractivity contribution in [2.45, 2.75) is 0 Å². The summed E-state index contributed by atoms with van der Waals surface area (Å²) < 4.78 is 11.2. The van der Waals surface area contributed by atoms with E-state index in [-0.39, 0.29) is 5.91 Å². The molecule has 0 atom stereocenters. The van der Waals surface area contributed by atoms with Crippen LogP contribution in [-0.2, 0) is 4.79 Å². The zero-order valence-electron chi connectivity index (χ0n) is 15.6. The maximum Gasteiger partial charge on any atom is 0.256 e. The van der Waals surface area contributed by atoms with Crippen molar-refractivity contribution < 1.29 is 13.9 Å². The van der Waals surface area contributed by atoms with E-state index in [9.17, 15) is 4.79 Å². The Kier molecular flexibility index (Phi) is 5.53. The minimum absolute atomic E-state index is 0.218. The second kappa shape index (κ2) is 8.76. The monoisotopic (exact) mass is 381 g/mol. The highest BCUT2D eigenvalue weighted by atomic mass is 16.5. The molecule has 0 saturated heterocycles. The van der Waals surface area contributed by atoms with Gasteiger partial charge in [0.1, 0.15) is 17.3 Å². The number of nitrogens with one attached hydrogen (secondary N) is 1. The molecule has 3 aromatic carbocycles. The van der Waals surface area contributed by atoms with Gasteiger partial charge in [-0.05, 0) is 60.2 Å². The third-order valence-electron chi connectivity index (χ3n) is 4.25. The van der Waals surface area contributed by atoms with E-state index in [1.54, 1.807) is 18.4 Å². The van der Waals surface area contributed by atoms with E-state index in [0.717, 1.165) is 11.3 Å². The number of rotatable bonds is 6. The Labute approximate surface area is 169 Å². The average molecular weight is 381 g/mol. The number of amides is 1. The van der Waals surface area contributed by atoms with Gasteiger partial charge in [-0.2, -0.15) is 0 Å². The second-order valence-electron chi connectivity index (χ2n) is 6.33. The summed E-state index contributed by atoms with van der Waals surface area (Å²) in [5.41, 5.74) is 2.01. The van der Waals surface area contributed by atoms with Crippen molar-refractivity contribution in [2.24, 2.45) is 0 Å². The lowest BCUT2D eigenvalue weighted by atomic mass is 10.0. The summed E-state index contributed by atoms with van der Waals surface area (Å²) in [6, 6.07) is 29.9. The Morgan fingerprint density at radius 2 is 1.41 bits per heavy atom. The minimum Gasteiger partial charge on any atom is -0.465 e. The fraction of sp³-hybridized carbons (Fsp3) is 0. The fourth-order valence-electron chi connectivity index (χ4n) is 2.84. The molecule has 0 aliphatic rings. The molecule has 0 aliphatic carbocycles. The second-order valence-corrected chi connectivity index (χ2v) is 6.33. The molecule has 0 saturated carbocycles. The summed E-state index contributed by atoms with van der Waals surface area (Å²) in [5, 5.41) is 2.94. The molecule has 1 heterocycles. The molecule has 1 aromatic heterocycles. The number of carbonyl (C=O) groups excluding carboxylic acids is 1. The molecule has 0 bridgehead atoms. The Morgan fingerprint density at radius 3 is 2.07 bits per heavy atom. The van der Waals surface area contributed by atoms with Crippen molar-refractivity contribution in [2.75, 3.05) is 5.32 Å². The van der Waals surface area contributed by atoms with Crippen molar-refractivity contribution in [3.63, 3.8) is 0 Å². The Balaban J connectivity index is 1.52. The van der Waals surface area contributed by atoms with Crippen LogP contribution in [0.5, 0.6) is 11.5 Å². The van der Waals surface area contributed by atoms with E-state index in [1.165, 1.54) is 0 Å². The van der Waals surface area contributed by atoms with E-state index in [2.05, 4.69) is 5.32 Å². The van der Waals surface area contributed by atoms with Crippen molar-refractivity contribution >= 4 is 23.2 Å². The van der Waals surface area contributed by atoms with Crippen LogP contribution in [0.4, 0.5) is 5.69 Å². The first-order valence-electron chi connectivity index (χ1n) is 9.23. The normalized spacial score (nSPS) is 11.1. The SMILES string of the molecule is O=C(Nc1ccc(Oc2ccccc2)cc1)/C(=C\c1ccco1)c1ccccc1. The van der Waals surface area contributed by atoms with Gasteiger partial charge in [-0.25, -0.2) is 0 Å². The molecule has 4 rings (SSSR count). The maximum atomic E-state index is 13.0. The molecular formula is C25H19NO3. The average Bonchev–Trinajstić information content (AvgIpc) is 3.28. The van der Waals surface area contributed by atoms with Gasteiger partial charge in [0.15, 0.2) is 0 Å². The first kappa shape index (κ1) is 18.3. The molecule has 1 amide bonds. The first-order valence-corrected chi connectivity index (χ1v) is 9.23. The van der Waals surface area contributed by atoms with Crippen LogP contribution in [0.25, 0.3) is 11.6 Å². The van der Waals surface area contributed by atoms with Crippen molar-refractivity contribution in [3.8, 4) is 11.5 Å². The van der Waals surface area contributed by atoms with Crippen LogP contribution >= 0.6 is 0 Å².